The minimum atomic E-state index is -0.0576. The molecule has 0 aliphatic heterocycles. The maximum absolute atomic E-state index is 11.4. The van der Waals surface area contributed by atoms with E-state index in [1.165, 1.54) is 11.0 Å². The molecule has 0 bridgehead atoms. The van der Waals surface area contributed by atoms with E-state index in [0.29, 0.717) is 12.4 Å². The molecule has 0 saturated carbocycles. The molecular formula is C9H17N5O. The van der Waals surface area contributed by atoms with Gasteiger partial charge in [0, 0.05) is 6.04 Å². The summed E-state index contributed by atoms with van der Waals surface area (Å²) in [4.78, 5) is 15.4. The molecular weight excluding hydrogens is 194 g/mol. The van der Waals surface area contributed by atoms with Gasteiger partial charge in [0.25, 0.3) is 0 Å². The van der Waals surface area contributed by atoms with Crippen molar-refractivity contribution in [2.75, 3.05) is 0 Å². The largest absolute Gasteiger partial charge is 0.352 e. The molecule has 0 radical (unpaired) electrons. The van der Waals surface area contributed by atoms with Gasteiger partial charge in [-0.15, -0.1) is 0 Å². The Balaban J connectivity index is 2.44. The van der Waals surface area contributed by atoms with Crippen LogP contribution in [0.4, 0.5) is 0 Å². The lowest BCUT2D eigenvalue weighted by Gasteiger charge is -2.10. The zero-order valence-electron chi connectivity index (χ0n) is 9.10. The van der Waals surface area contributed by atoms with E-state index < -0.39 is 0 Å². The van der Waals surface area contributed by atoms with E-state index in [0.717, 1.165) is 6.42 Å². The van der Waals surface area contributed by atoms with Crippen molar-refractivity contribution in [1.29, 1.82) is 0 Å². The SMILES string of the molecule is CCC(C)NC(=O)Cn1cnc(CN)n1. The van der Waals surface area contributed by atoms with E-state index in [-0.39, 0.29) is 18.5 Å². The quantitative estimate of drug-likeness (QED) is 0.697. The van der Waals surface area contributed by atoms with Crippen LogP contribution in [0.5, 0.6) is 0 Å². The third-order valence-electron chi connectivity index (χ3n) is 2.09. The van der Waals surface area contributed by atoms with Gasteiger partial charge in [-0.2, -0.15) is 5.10 Å². The Bertz CT molecular complexity index is 322. The van der Waals surface area contributed by atoms with Crippen molar-refractivity contribution in [3.8, 4) is 0 Å². The molecule has 1 heterocycles. The number of carbonyl (C=O) groups is 1. The normalized spacial score (nSPS) is 12.5. The van der Waals surface area contributed by atoms with Crippen molar-refractivity contribution >= 4 is 5.91 Å². The summed E-state index contributed by atoms with van der Waals surface area (Å²) in [6, 6.07) is 0.190. The molecule has 0 aromatic carbocycles. The standard InChI is InChI=1S/C9H17N5O/c1-3-7(2)12-9(15)5-14-6-11-8(4-10)13-14/h6-7H,3-5,10H2,1-2H3,(H,12,15). The first-order valence-corrected chi connectivity index (χ1v) is 5.03. The lowest BCUT2D eigenvalue weighted by Crippen LogP contribution is -2.34. The zero-order valence-corrected chi connectivity index (χ0v) is 9.10. The molecule has 1 aromatic rings. The molecule has 0 fully saturated rings. The number of aromatic nitrogens is 3. The zero-order chi connectivity index (χ0) is 11.3. The van der Waals surface area contributed by atoms with E-state index in [1.807, 2.05) is 13.8 Å². The van der Waals surface area contributed by atoms with Crippen molar-refractivity contribution < 1.29 is 4.79 Å². The van der Waals surface area contributed by atoms with Gasteiger partial charge in [0.2, 0.25) is 5.91 Å². The smallest absolute Gasteiger partial charge is 0.242 e. The van der Waals surface area contributed by atoms with E-state index in [1.54, 1.807) is 0 Å². The second-order valence-electron chi connectivity index (χ2n) is 3.44. The Labute approximate surface area is 88.9 Å². The predicted octanol–water partition coefficient (Wildman–Crippen LogP) is -0.348. The minimum absolute atomic E-state index is 0.0576. The Kier molecular flexibility index (Phi) is 4.23. The summed E-state index contributed by atoms with van der Waals surface area (Å²) in [6.07, 6.45) is 2.43. The van der Waals surface area contributed by atoms with Crippen LogP contribution in [0.3, 0.4) is 0 Å². The topological polar surface area (TPSA) is 85.8 Å². The molecule has 3 N–H and O–H groups in total. The average molecular weight is 211 g/mol. The molecule has 1 rings (SSSR count). The van der Waals surface area contributed by atoms with Gasteiger partial charge >= 0.3 is 0 Å². The molecule has 0 spiro atoms. The minimum Gasteiger partial charge on any atom is -0.352 e. The van der Waals surface area contributed by atoms with Gasteiger partial charge in [0.1, 0.15) is 12.9 Å². The predicted molar refractivity (Wildman–Crippen MR) is 55.8 cm³/mol. The summed E-state index contributed by atoms with van der Waals surface area (Å²) in [6.45, 7) is 4.47. The van der Waals surface area contributed by atoms with Crippen LogP contribution in [0.2, 0.25) is 0 Å². The van der Waals surface area contributed by atoms with E-state index in [2.05, 4.69) is 15.4 Å². The fourth-order valence-electron chi connectivity index (χ4n) is 1.07. The van der Waals surface area contributed by atoms with Gasteiger partial charge in [-0.1, -0.05) is 6.92 Å². The first kappa shape index (κ1) is 11.6. The third-order valence-corrected chi connectivity index (χ3v) is 2.09. The Hall–Kier alpha value is -1.43. The molecule has 1 amide bonds. The second-order valence-corrected chi connectivity index (χ2v) is 3.44. The van der Waals surface area contributed by atoms with Crippen molar-refractivity contribution in [3.63, 3.8) is 0 Å². The molecule has 0 aliphatic rings. The summed E-state index contributed by atoms with van der Waals surface area (Å²) in [5.74, 6) is 0.490. The molecule has 6 heteroatoms. The molecule has 15 heavy (non-hydrogen) atoms. The number of hydrogen-bond acceptors (Lipinski definition) is 4. The van der Waals surface area contributed by atoms with Gasteiger partial charge in [-0.25, -0.2) is 9.67 Å². The second kappa shape index (κ2) is 5.45. The lowest BCUT2D eigenvalue weighted by molar-refractivity contribution is -0.122. The van der Waals surface area contributed by atoms with Gasteiger partial charge < -0.3 is 11.1 Å². The molecule has 1 unspecified atom stereocenters. The molecule has 0 saturated heterocycles. The first-order valence-electron chi connectivity index (χ1n) is 5.03. The highest BCUT2D eigenvalue weighted by atomic mass is 16.2. The van der Waals surface area contributed by atoms with Crippen LogP contribution < -0.4 is 11.1 Å². The van der Waals surface area contributed by atoms with Crippen LogP contribution in [-0.4, -0.2) is 26.7 Å². The summed E-state index contributed by atoms with van der Waals surface area (Å²) < 4.78 is 1.49. The van der Waals surface area contributed by atoms with E-state index in [9.17, 15) is 4.79 Å². The Morgan fingerprint density at radius 3 is 3.00 bits per heavy atom. The third kappa shape index (κ3) is 3.67. The van der Waals surface area contributed by atoms with Gasteiger partial charge in [0.15, 0.2) is 5.82 Å². The van der Waals surface area contributed by atoms with Crippen molar-refractivity contribution in [1.82, 2.24) is 20.1 Å². The van der Waals surface area contributed by atoms with Gasteiger partial charge in [0.05, 0.1) is 6.54 Å². The van der Waals surface area contributed by atoms with Crippen molar-refractivity contribution in [2.45, 2.75) is 39.4 Å². The van der Waals surface area contributed by atoms with E-state index in [4.69, 9.17) is 5.73 Å². The average Bonchev–Trinajstić information content (AvgIpc) is 2.65. The number of carbonyl (C=O) groups excluding carboxylic acids is 1. The number of nitrogens with two attached hydrogens (primary N) is 1. The lowest BCUT2D eigenvalue weighted by atomic mass is 10.2. The van der Waals surface area contributed by atoms with Crippen molar-refractivity contribution in [3.05, 3.63) is 12.2 Å². The molecule has 1 atom stereocenters. The summed E-state index contributed by atoms with van der Waals surface area (Å²) in [7, 11) is 0. The maximum Gasteiger partial charge on any atom is 0.242 e. The fourth-order valence-corrected chi connectivity index (χ4v) is 1.07. The summed E-state index contributed by atoms with van der Waals surface area (Å²) >= 11 is 0. The number of nitrogens with one attached hydrogen (secondary N) is 1. The molecule has 1 aromatic heterocycles. The molecule has 84 valence electrons. The first-order chi connectivity index (χ1) is 7.15. The highest BCUT2D eigenvalue weighted by Crippen LogP contribution is 1.91. The Morgan fingerprint density at radius 1 is 1.73 bits per heavy atom. The number of amides is 1. The summed E-state index contributed by atoms with van der Waals surface area (Å²) in [5, 5.41) is 6.87. The summed E-state index contributed by atoms with van der Waals surface area (Å²) in [5.41, 5.74) is 5.36. The van der Waals surface area contributed by atoms with Gasteiger partial charge in [-0.05, 0) is 13.3 Å². The monoisotopic (exact) mass is 211 g/mol. The van der Waals surface area contributed by atoms with Crippen LogP contribution in [0.15, 0.2) is 6.33 Å². The number of rotatable bonds is 5. The van der Waals surface area contributed by atoms with Crippen LogP contribution in [0.1, 0.15) is 26.1 Å². The van der Waals surface area contributed by atoms with Crippen molar-refractivity contribution in [2.24, 2.45) is 5.73 Å². The number of hydrogen-bond donors (Lipinski definition) is 2. The van der Waals surface area contributed by atoms with Crippen LogP contribution >= 0.6 is 0 Å². The highest BCUT2D eigenvalue weighted by Gasteiger charge is 2.07. The van der Waals surface area contributed by atoms with Crippen LogP contribution in [-0.2, 0) is 17.9 Å². The highest BCUT2D eigenvalue weighted by molar-refractivity contribution is 5.75. The fraction of sp³-hybridized carbons (Fsp3) is 0.667. The van der Waals surface area contributed by atoms with Crippen LogP contribution in [0.25, 0.3) is 0 Å². The molecule has 6 nitrogen and oxygen atoms in total. The number of nitrogens with zero attached hydrogens (tertiary/aromatic N) is 3. The Morgan fingerprint density at radius 2 is 2.47 bits per heavy atom. The molecule has 0 aliphatic carbocycles. The van der Waals surface area contributed by atoms with Crippen LogP contribution in [0, 0.1) is 0 Å². The van der Waals surface area contributed by atoms with E-state index >= 15 is 0 Å². The maximum atomic E-state index is 11.4. The van der Waals surface area contributed by atoms with Gasteiger partial charge in [-0.3, -0.25) is 4.79 Å².